The maximum Gasteiger partial charge on any atom is 3.00 e. The van der Waals surface area contributed by atoms with E-state index in [1.165, 1.54) is 89.0 Å². The number of hydrogen-bond donors (Lipinski definition) is 0. The van der Waals surface area contributed by atoms with E-state index in [1.807, 2.05) is 0 Å². The van der Waals surface area contributed by atoms with Crippen molar-refractivity contribution in [2.75, 3.05) is 0 Å². The summed E-state index contributed by atoms with van der Waals surface area (Å²) in [5.41, 5.74) is 26.6. The molecule has 10 heteroatoms. The maximum atomic E-state index is 7.27. The molecule has 0 unspecified atom stereocenters. The van der Waals surface area contributed by atoms with Gasteiger partial charge < -0.3 is 30.7 Å². The first-order valence-corrected chi connectivity index (χ1v) is 37.7. The van der Waals surface area contributed by atoms with Gasteiger partial charge in [-0.05, 0) is 91.3 Å². The Kier molecular flexibility index (Phi) is 30.9. The molecule has 0 bridgehead atoms. The van der Waals surface area contributed by atoms with Gasteiger partial charge >= 0.3 is 137 Å². The summed E-state index contributed by atoms with van der Waals surface area (Å²) in [6, 6.07) is 45.2. The molecule has 2 aliphatic rings. The molecule has 104 heavy (non-hydrogen) atoms. The minimum atomic E-state index is -0.364. The molecule has 0 amide bonds. The first-order valence-electron chi connectivity index (χ1n) is 37.7. The first kappa shape index (κ1) is 91.5. The van der Waals surface area contributed by atoms with Crippen molar-refractivity contribution in [3.8, 4) is 23.0 Å². The van der Waals surface area contributed by atoms with Gasteiger partial charge in [-0.25, -0.2) is 0 Å². The van der Waals surface area contributed by atoms with E-state index in [2.05, 4.69) is 343 Å². The van der Waals surface area contributed by atoms with Crippen LogP contribution >= 0.6 is 0 Å². The van der Waals surface area contributed by atoms with E-state index in [0.29, 0.717) is 47.3 Å². The van der Waals surface area contributed by atoms with E-state index in [-0.39, 0.29) is 170 Å². The number of fused-ring (bicyclic) bond motifs is 4. The molecule has 536 valence electrons. The second kappa shape index (κ2) is 35.1. The number of rotatable bonds is 16. The molecule has 0 atom stereocenters. The molecule has 6 nitrogen and oxygen atoms in total. The predicted molar refractivity (Wildman–Crippen MR) is 446 cm³/mol. The van der Waals surface area contributed by atoms with Crippen LogP contribution in [-0.4, -0.2) is 34.7 Å². The Hall–Kier alpha value is -3.10. The Labute approximate surface area is 739 Å². The average molecular weight is 1470 g/mol. The smallest absolute Gasteiger partial charge is 0.654 e. The molecule has 2 aliphatic heterocycles. The van der Waals surface area contributed by atoms with Crippen LogP contribution in [0.1, 0.15) is 358 Å². The summed E-state index contributed by atoms with van der Waals surface area (Å²) in [6.45, 7) is 73.0. The van der Waals surface area contributed by atoms with E-state index in [4.69, 9.17) is 30.7 Å². The maximum absolute atomic E-state index is 7.27. The third kappa shape index (κ3) is 19.4. The molecule has 0 aliphatic carbocycles. The molecule has 0 fully saturated rings. The van der Waals surface area contributed by atoms with Crippen molar-refractivity contribution in [1.82, 2.24) is 0 Å². The largest absolute Gasteiger partial charge is 3.00 e. The van der Waals surface area contributed by atoms with Crippen LogP contribution in [0.4, 0.5) is 45.5 Å². The summed E-state index contributed by atoms with van der Waals surface area (Å²) in [7, 11) is 0. The van der Waals surface area contributed by atoms with Gasteiger partial charge in [0.25, 0.3) is 0 Å². The van der Waals surface area contributed by atoms with Crippen molar-refractivity contribution in [3.05, 3.63) is 232 Å². The van der Waals surface area contributed by atoms with E-state index < -0.39 is 0 Å². The van der Waals surface area contributed by atoms with Crippen molar-refractivity contribution < 1.29 is 112 Å². The van der Waals surface area contributed by atoms with Gasteiger partial charge in [0.05, 0.1) is 0 Å². The van der Waals surface area contributed by atoms with E-state index in [9.17, 15) is 0 Å². The summed E-state index contributed by atoms with van der Waals surface area (Å²) < 4.78 is 14.5. The minimum absolute atomic E-state index is 0. The van der Waals surface area contributed by atoms with Crippen LogP contribution in [0.3, 0.4) is 0 Å². The Morgan fingerprint density at radius 3 is 0.529 bits per heavy atom. The molecule has 0 N–H and O–H groups in total. The Morgan fingerprint density at radius 2 is 0.404 bits per heavy atom. The monoisotopic (exact) mass is 1470 g/mol. The number of para-hydroxylation sites is 4. The van der Waals surface area contributed by atoms with Gasteiger partial charge in [0.15, 0.2) is 0 Å². The molecule has 0 radical (unpaired) electrons. The zero-order valence-corrected chi connectivity index (χ0v) is 79.5. The van der Waals surface area contributed by atoms with Gasteiger partial charge in [-0.1, -0.05) is 410 Å². The first-order chi connectivity index (χ1) is 46.2. The fourth-order valence-corrected chi connectivity index (χ4v) is 14.3. The Balaban J connectivity index is 0.000000360. The van der Waals surface area contributed by atoms with Gasteiger partial charge in [-0.3, -0.25) is 0 Å². The summed E-state index contributed by atoms with van der Waals surface area (Å²) >= 11 is 0. The number of nitrogens with zero attached hydrogens (tertiary/aromatic N) is 4. The zero-order valence-electron chi connectivity index (χ0n) is 70.9. The van der Waals surface area contributed by atoms with Crippen molar-refractivity contribution in [1.29, 1.82) is 0 Å². The van der Waals surface area contributed by atoms with Crippen LogP contribution in [0.2, 0.25) is 0 Å². The standard InChI is InChI=1S/2C47H62N2O.2Al.2K/c2*1-27(2)33-19-17-20-34(28(3)4)41(33)48-39-25-31(45(9,10)11)23-37-43(39)50-44-38(47(37,15)16)24-32(46(12,13)14)26-40(44)49-42-35(29(5)6)21-18-22-36(42)30(7)8;;;;/h2*17-30H,1-16H3;;;;/q2*-2;2*+3;2*+1. The van der Waals surface area contributed by atoms with E-state index in [0.717, 1.165) is 68.5 Å². The fraction of sp³-hybridized carbons (Fsp3) is 0.489. The molecule has 0 saturated heterocycles. The predicted octanol–water partition coefficient (Wildman–Crippen LogP) is 25.0. The van der Waals surface area contributed by atoms with Crippen LogP contribution in [0.15, 0.2) is 121 Å². The molecule has 0 aromatic heterocycles. The third-order valence-electron chi connectivity index (χ3n) is 21.1. The van der Waals surface area contributed by atoms with Crippen LogP contribution in [0.5, 0.6) is 23.0 Å². The molecular formula is C94H124Al2K2N4O2+4. The second-order valence-corrected chi connectivity index (χ2v) is 36.8. The number of benzene rings is 8. The molecule has 8 aromatic carbocycles. The van der Waals surface area contributed by atoms with Crippen molar-refractivity contribution >= 4 is 80.2 Å². The van der Waals surface area contributed by atoms with Crippen molar-refractivity contribution in [3.63, 3.8) is 0 Å². The van der Waals surface area contributed by atoms with Crippen LogP contribution in [-0.2, 0) is 32.5 Å². The molecular weight excluding hydrogens is 1350 g/mol. The van der Waals surface area contributed by atoms with Crippen LogP contribution in [0, 0.1) is 0 Å². The summed E-state index contributed by atoms with van der Waals surface area (Å²) in [5, 5.41) is 22.4. The van der Waals surface area contributed by atoms with Gasteiger partial charge in [-0.15, -0.1) is 22.7 Å². The SMILES string of the molecule is CC(C)c1cccc(C(C)C)c1[N-]c1cc(C(C)(C)C)cc2c1Oc1c([N-]c3c(C(C)C)cccc3C(C)C)cc(C(C)(C)C)cc1C2(C)C.CC(C)c1cccc(C(C)C)c1[N-]c1cc(C(C)(C)C)cc2c1Oc1c([N-]c3c(C(C)C)cccc3C(C)C)cc(C(C)(C)C)cc1C2(C)C.[Al+3].[Al+3].[K+].[K+]. The van der Waals surface area contributed by atoms with E-state index >= 15 is 0 Å². The molecule has 8 aromatic rings. The summed E-state index contributed by atoms with van der Waals surface area (Å²) in [4.78, 5) is 0. The van der Waals surface area contributed by atoms with Gasteiger partial charge in [0.1, 0.15) is 23.0 Å². The average Bonchev–Trinajstić information content (AvgIpc) is 0.724. The zero-order chi connectivity index (χ0) is 74.2. The van der Waals surface area contributed by atoms with Crippen molar-refractivity contribution in [2.24, 2.45) is 0 Å². The van der Waals surface area contributed by atoms with Gasteiger partial charge in [-0.2, -0.15) is 0 Å². The number of hydrogen-bond acceptors (Lipinski definition) is 2. The number of ether oxygens (including phenoxy) is 2. The normalized spacial score (nSPS) is 13.7. The fourth-order valence-electron chi connectivity index (χ4n) is 14.3. The van der Waals surface area contributed by atoms with Crippen LogP contribution in [0.25, 0.3) is 21.3 Å². The van der Waals surface area contributed by atoms with Crippen molar-refractivity contribution in [2.45, 2.75) is 301 Å². The molecule has 0 saturated carbocycles. The quantitative estimate of drug-likeness (QED) is 0.0904. The molecule has 0 spiro atoms. The molecule has 2 heterocycles. The Morgan fingerprint density at radius 1 is 0.260 bits per heavy atom. The third-order valence-corrected chi connectivity index (χ3v) is 21.1. The summed E-state index contributed by atoms with van der Waals surface area (Å²) in [6.07, 6.45) is 0. The topological polar surface area (TPSA) is 74.9 Å². The van der Waals surface area contributed by atoms with Gasteiger partial charge in [0.2, 0.25) is 0 Å². The summed E-state index contributed by atoms with van der Waals surface area (Å²) in [5.74, 6) is 6.05. The van der Waals surface area contributed by atoms with Crippen LogP contribution < -0.4 is 112 Å². The second-order valence-electron chi connectivity index (χ2n) is 36.8. The minimum Gasteiger partial charge on any atom is -0.654 e. The van der Waals surface area contributed by atoms with Gasteiger partial charge in [0, 0.05) is 33.1 Å². The van der Waals surface area contributed by atoms with E-state index in [1.54, 1.807) is 0 Å². The Bertz CT molecular complexity index is 3680. The molecule has 10 rings (SSSR count).